The van der Waals surface area contributed by atoms with Crippen molar-refractivity contribution in [2.45, 2.75) is 51.6 Å². The van der Waals surface area contributed by atoms with Gasteiger partial charge in [0.05, 0.1) is 27.1 Å². The fourth-order valence-electron chi connectivity index (χ4n) is 3.03. The Bertz CT molecular complexity index is 340. The molecule has 0 aromatic rings. The van der Waals surface area contributed by atoms with Crippen LogP contribution in [0.1, 0.15) is 39.5 Å². The fraction of sp³-hybridized carbons (Fsp3) is 0.875. The Kier molecular flexibility index (Phi) is 8.42. The average molecular weight is 314 g/mol. The number of carbonyl (C=O) groups excluding carboxylic acids is 2. The Morgan fingerprint density at radius 3 is 2.14 bits per heavy atom. The number of carbonyl (C=O) groups is 2. The van der Waals surface area contributed by atoms with Crippen LogP contribution in [0.2, 0.25) is 0 Å². The van der Waals surface area contributed by atoms with E-state index in [1.807, 2.05) is 0 Å². The molecule has 1 atom stereocenters. The molecule has 0 saturated carbocycles. The molecule has 0 aromatic carbocycles. The second-order valence-corrected chi connectivity index (χ2v) is 6.08. The highest BCUT2D eigenvalue weighted by molar-refractivity contribution is 5.70. The van der Waals surface area contributed by atoms with E-state index >= 15 is 0 Å². The van der Waals surface area contributed by atoms with Crippen molar-refractivity contribution in [2.75, 3.05) is 40.4 Å². The van der Waals surface area contributed by atoms with Crippen LogP contribution in [0.25, 0.3) is 0 Å². The van der Waals surface area contributed by atoms with Crippen LogP contribution in [0.5, 0.6) is 0 Å². The molecule has 22 heavy (non-hydrogen) atoms. The lowest BCUT2D eigenvalue weighted by Gasteiger charge is -2.32. The van der Waals surface area contributed by atoms with Gasteiger partial charge in [0.15, 0.2) is 0 Å². The van der Waals surface area contributed by atoms with Gasteiger partial charge in [-0.05, 0) is 33.2 Å². The highest BCUT2D eigenvalue weighted by Gasteiger charge is 2.28. The first kappa shape index (κ1) is 18.9. The molecule has 0 radical (unpaired) electrons. The molecular formula is C16H30N2O4. The first-order valence-corrected chi connectivity index (χ1v) is 8.09. The summed E-state index contributed by atoms with van der Waals surface area (Å²) < 4.78 is 9.42. The molecule has 128 valence electrons. The van der Waals surface area contributed by atoms with Crippen molar-refractivity contribution in [1.82, 2.24) is 9.80 Å². The quantitative estimate of drug-likeness (QED) is 0.598. The van der Waals surface area contributed by atoms with E-state index in [2.05, 4.69) is 23.6 Å². The van der Waals surface area contributed by atoms with Crippen molar-refractivity contribution in [3.63, 3.8) is 0 Å². The SMILES string of the molecule is COC(=O)CCN(CCC(=O)OC)C[C@@H]1CCCN1C(C)C. The molecule has 6 nitrogen and oxygen atoms in total. The van der Waals surface area contributed by atoms with Gasteiger partial charge in [-0.2, -0.15) is 0 Å². The van der Waals surface area contributed by atoms with Crippen LogP contribution in [0.3, 0.4) is 0 Å². The number of rotatable bonds is 9. The van der Waals surface area contributed by atoms with Crippen LogP contribution < -0.4 is 0 Å². The average Bonchev–Trinajstić information content (AvgIpc) is 2.97. The third-order valence-corrected chi connectivity index (χ3v) is 4.27. The molecule has 0 unspecified atom stereocenters. The zero-order chi connectivity index (χ0) is 16.5. The van der Waals surface area contributed by atoms with Gasteiger partial charge in [0.2, 0.25) is 0 Å². The number of esters is 2. The van der Waals surface area contributed by atoms with Crippen molar-refractivity contribution in [3.8, 4) is 0 Å². The van der Waals surface area contributed by atoms with Gasteiger partial charge in [0.25, 0.3) is 0 Å². The van der Waals surface area contributed by atoms with Crippen LogP contribution >= 0.6 is 0 Å². The van der Waals surface area contributed by atoms with Crippen molar-refractivity contribution in [2.24, 2.45) is 0 Å². The summed E-state index contributed by atoms with van der Waals surface area (Å²) in [5.41, 5.74) is 0. The number of methoxy groups -OCH3 is 2. The minimum atomic E-state index is -0.213. The smallest absolute Gasteiger partial charge is 0.306 e. The maximum absolute atomic E-state index is 11.4. The molecule has 1 aliphatic heterocycles. The Morgan fingerprint density at radius 2 is 1.68 bits per heavy atom. The third-order valence-electron chi connectivity index (χ3n) is 4.27. The molecule has 1 aliphatic rings. The van der Waals surface area contributed by atoms with E-state index in [0.717, 1.165) is 13.1 Å². The van der Waals surface area contributed by atoms with Crippen molar-refractivity contribution in [1.29, 1.82) is 0 Å². The lowest BCUT2D eigenvalue weighted by atomic mass is 10.1. The Hall–Kier alpha value is -1.14. The third kappa shape index (κ3) is 6.32. The van der Waals surface area contributed by atoms with Gasteiger partial charge in [-0.3, -0.25) is 14.5 Å². The molecule has 0 bridgehead atoms. The van der Waals surface area contributed by atoms with Crippen LogP contribution in [-0.4, -0.2) is 74.2 Å². The summed E-state index contributed by atoms with van der Waals surface area (Å²) in [4.78, 5) is 27.4. The zero-order valence-electron chi connectivity index (χ0n) is 14.3. The highest BCUT2D eigenvalue weighted by Crippen LogP contribution is 2.21. The highest BCUT2D eigenvalue weighted by atomic mass is 16.5. The minimum Gasteiger partial charge on any atom is -0.469 e. The molecule has 0 amide bonds. The summed E-state index contributed by atoms with van der Waals surface area (Å²) in [5, 5.41) is 0. The van der Waals surface area contributed by atoms with Crippen LogP contribution in [0.4, 0.5) is 0 Å². The van der Waals surface area contributed by atoms with Gasteiger partial charge in [-0.25, -0.2) is 0 Å². The van der Waals surface area contributed by atoms with E-state index in [0.29, 0.717) is 38.0 Å². The van der Waals surface area contributed by atoms with Crippen LogP contribution in [-0.2, 0) is 19.1 Å². The van der Waals surface area contributed by atoms with Crippen LogP contribution in [0.15, 0.2) is 0 Å². The van der Waals surface area contributed by atoms with Crippen molar-refractivity contribution >= 4 is 11.9 Å². The predicted octanol–water partition coefficient (Wildman–Crippen LogP) is 1.29. The number of hydrogen-bond donors (Lipinski definition) is 0. The van der Waals surface area contributed by atoms with Gasteiger partial charge in [-0.1, -0.05) is 0 Å². The molecular weight excluding hydrogens is 284 g/mol. The summed E-state index contributed by atoms with van der Waals surface area (Å²) in [6, 6.07) is 1.02. The summed E-state index contributed by atoms with van der Waals surface area (Å²) in [5.74, 6) is -0.426. The largest absolute Gasteiger partial charge is 0.469 e. The first-order chi connectivity index (χ1) is 10.5. The Balaban J connectivity index is 2.55. The molecule has 1 fully saturated rings. The van der Waals surface area contributed by atoms with Gasteiger partial charge in [0.1, 0.15) is 0 Å². The summed E-state index contributed by atoms with van der Waals surface area (Å²) in [6.07, 6.45) is 3.09. The van der Waals surface area contributed by atoms with E-state index in [1.54, 1.807) is 0 Å². The molecule has 6 heteroatoms. The van der Waals surface area contributed by atoms with E-state index in [-0.39, 0.29) is 11.9 Å². The summed E-state index contributed by atoms with van der Waals surface area (Å²) >= 11 is 0. The van der Waals surface area contributed by atoms with Gasteiger partial charge < -0.3 is 14.4 Å². The first-order valence-electron chi connectivity index (χ1n) is 8.09. The van der Waals surface area contributed by atoms with Crippen LogP contribution in [0, 0.1) is 0 Å². The molecule has 1 saturated heterocycles. The molecule has 1 heterocycles. The lowest BCUT2D eigenvalue weighted by Crippen LogP contribution is -2.44. The maximum atomic E-state index is 11.4. The standard InChI is InChI=1S/C16H30N2O4/c1-13(2)18-9-5-6-14(18)12-17(10-7-15(19)21-3)11-8-16(20)22-4/h13-14H,5-12H2,1-4H3/t14-/m0/s1. The number of hydrogen-bond acceptors (Lipinski definition) is 6. The number of ether oxygens (including phenoxy) is 2. The van der Waals surface area contributed by atoms with Crippen molar-refractivity contribution < 1.29 is 19.1 Å². The van der Waals surface area contributed by atoms with E-state index in [1.165, 1.54) is 27.1 Å². The summed E-state index contributed by atoms with van der Waals surface area (Å²) in [7, 11) is 2.80. The second kappa shape index (κ2) is 9.79. The molecule has 0 aliphatic carbocycles. The second-order valence-electron chi connectivity index (χ2n) is 6.08. The van der Waals surface area contributed by atoms with E-state index in [9.17, 15) is 9.59 Å². The molecule has 0 spiro atoms. The Labute approximate surface area is 133 Å². The maximum Gasteiger partial charge on any atom is 0.306 e. The molecule has 0 N–H and O–H groups in total. The van der Waals surface area contributed by atoms with Crippen molar-refractivity contribution in [3.05, 3.63) is 0 Å². The topological polar surface area (TPSA) is 59.1 Å². The predicted molar refractivity (Wildman–Crippen MR) is 84.6 cm³/mol. The monoisotopic (exact) mass is 314 g/mol. The molecule has 0 aromatic heterocycles. The lowest BCUT2D eigenvalue weighted by molar-refractivity contribution is -0.141. The van der Waals surface area contributed by atoms with E-state index in [4.69, 9.17) is 9.47 Å². The summed E-state index contributed by atoms with van der Waals surface area (Å²) in [6.45, 7) is 7.67. The van der Waals surface area contributed by atoms with Gasteiger partial charge in [0, 0.05) is 31.7 Å². The normalized spacial score (nSPS) is 18.9. The molecule has 1 rings (SSSR count). The Morgan fingerprint density at radius 1 is 1.14 bits per heavy atom. The minimum absolute atomic E-state index is 0.213. The van der Waals surface area contributed by atoms with Gasteiger partial charge >= 0.3 is 11.9 Å². The van der Waals surface area contributed by atoms with Gasteiger partial charge in [-0.15, -0.1) is 0 Å². The number of nitrogens with zero attached hydrogens (tertiary/aromatic N) is 2. The van der Waals surface area contributed by atoms with E-state index < -0.39 is 0 Å². The number of likely N-dealkylation sites (tertiary alicyclic amines) is 1. The zero-order valence-corrected chi connectivity index (χ0v) is 14.3. The fourth-order valence-corrected chi connectivity index (χ4v) is 3.03.